The molecule has 0 aromatic heterocycles. The first-order valence-corrected chi connectivity index (χ1v) is 12.0. The molecule has 2 atom stereocenters. The number of nitrogens with one attached hydrogen (secondary N) is 2. The van der Waals surface area contributed by atoms with Crippen LogP contribution < -0.4 is 10.6 Å². The van der Waals surface area contributed by atoms with Crippen molar-refractivity contribution in [3.05, 3.63) is 30.1 Å². The SMILES string of the molecule is CCNC(=NCC(C1CCOC1)N1CCOCC1)NCCCSc1ccc(F)cc1.I. The minimum Gasteiger partial charge on any atom is -0.381 e. The molecule has 2 aliphatic heterocycles. The standard InChI is InChI=1S/C22H35FN4O2S.HI/c1-2-24-22(25-9-3-15-30-20-6-4-19(23)5-7-20)26-16-21(18-8-12-29-17-18)27-10-13-28-14-11-27;/h4-7,18,21H,2-3,8-17H2,1H3,(H2,24,25,26);1H. The molecule has 9 heteroatoms. The fourth-order valence-corrected chi connectivity index (χ4v) is 4.71. The summed E-state index contributed by atoms with van der Waals surface area (Å²) in [5.41, 5.74) is 0. The summed E-state index contributed by atoms with van der Waals surface area (Å²) in [5.74, 6) is 2.21. The van der Waals surface area contributed by atoms with Crippen LogP contribution in [0.25, 0.3) is 0 Å². The fourth-order valence-electron chi connectivity index (χ4n) is 3.85. The Kier molecular flexibility index (Phi) is 13.1. The van der Waals surface area contributed by atoms with E-state index in [2.05, 4.69) is 22.5 Å². The zero-order valence-corrected chi connectivity index (χ0v) is 21.5. The molecule has 0 amide bonds. The highest BCUT2D eigenvalue weighted by atomic mass is 127. The van der Waals surface area contributed by atoms with Gasteiger partial charge in [-0.15, -0.1) is 35.7 Å². The van der Waals surface area contributed by atoms with Gasteiger partial charge in [0.25, 0.3) is 0 Å². The smallest absolute Gasteiger partial charge is 0.191 e. The van der Waals surface area contributed by atoms with Gasteiger partial charge in [-0.05, 0) is 49.8 Å². The van der Waals surface area contributed by atoms with E-state index < -0.39 is 0 Å². The quantitative estimate of drug-likeness (QED) is 0.149. The molecule has 0 saturated carbocycles. The van der Waals surface area contributed by atoms with Crippen LogP contribution in [-0.2, 0) is 9.47 Å². The summed E-state index contributed by atoms with van der Waals surface area (Å²) in [5, 5.41) is 6.82. The lowest BCUT2D eigenvalue weighted by atomic mass is 9.97. The summed E-state index contributed by atoms with van der Waals surface area (Å²) in [4.78, 5) is 8.53. The second-order valence-electron chi connectivity index (χ2n) is 7.64. The van der Waals surface area contributed by atoms with Crippen molar-refractivity contribution in [2.45, 2.75) is 30.7 Å². The Morgan fingerprint density at radius 1 is 1.19 bits per heavy atom. The number of nitrogens with zero attached hydrogens (tertiary/aromatic N) is 2. The Morgan fingerprint density at radius 2 is 1.97 bits per heavy atom. The topological polar surface area (TPSA) is 58.1 Å². The molecule has 0 spiro atoms. The molecule has 2 saturated heterocycles. The molecule has 176 valence electrons. The molecular weight excluding hydrogens is 530 g/mol. The van der Waals surface area contributed by atoms with E-state index >= 15 is 0 Å². The molecule has 1 aromatic carbocycles. The third-order valence-corrected chi connectivity index (χ3v) is 6.60. The van der Waals surface area contributed by atoms with E-state index in [4.69, 9.17) is 14.5 Å². The van der Waals surface area contributed by atoms with Gasteiger partial charge in [0.15, 0.2) is 5.96 Å². The summed E-state index contributed by atoms with van der Waals surface area (Å²) in [6.45, 7) is 9.80. The maximum absolute atomic E-state index is 13.0. The molecule has 2 heterocycles. The van der Waals surface area contributed by atoms with E-state index in [0.29, 0.717) is 12.0 Å². The lowest BCUT2D eigenvalue weighted by Crippen LogP contribution is -2.49. The molecular formula is C22H36FIN4O2S. The highest BCUT2D eigenvalue weighted by Gasteiger charge is 2.31. The van der Waals surface area contributed by atoms with Crippen molar-refractivity contribution in [2.24, 2.45) is 10.9 Å². The van der Waals surface area contributed by atoms with E-state index in [0.717, 1.165) is 88.6 Å². The van der Waals surface area contributed by atoms with Crippen molar-refractivity contribution in [3.63, 3.8) is 0 Å². The van der Waals surface area contributed by atoms with Crippen LogP contribution in [0.15, 0.2) is 34.2 Å². The molecule has 2 fully saturated rings. The summed E-state index contributed by atoms with van der Waals surface area (Å²) in [7, 11) is 0. The first-order chi connectivity index (χ1) is 14.8. The van der Waals surface area contributed by atoms with E-state index in [9.17, 15) is 4.39 Å². The largest absolute Gasteiger partial charge is 0.381 e. The zero-order valence-electron chi connectivity index (χ0n) is 18.4. The van der Waals surface area contributed by atoms with Gasteiger partial charge in [0, 0.05) is 49.6 Å². The van der Waals surface area contributed by atoms with Gasteiger partial charge in [-0.25, -0.2) is 4.39 Å². The third-order valence-electron chi connectivity index (χ3n) is 5.50. The molecule has 2 aliphatic rings. The van der Waals surface area contributed by atoms with Gasteiger partial charge in [-0.1, -0.05) is 0 Å². The van der Waals surface area contributed by atoms with Gasteiger partial charge in [0.2, 0.25) is 0 Å². The van der Waals surface area contributed by atoms with Crippen molar-refractivity contribution < 1.29 is 13.9 Å². The Hall–Kier alpha value is -0.620. The van der Waals surface area contributed by atoms with Crippen LogP contribution in [-0.4, -0.2) is 81.8 Å². The molecule has 6 nitrogen and oxygen atoms in total. The van der Waals surface area contributed by atoms with Gasteiger partial charge >= 0.3 is 0 Å². The minimum absolute atomic E-state index is 0. The Labute approximate surface area is 207 Å². The van der Waals surface area contributed by atoms with Gasteiger partial charge in [0.1, 0.15) is 5.82 Å². The zero-order chi connectivity index (χ0) is 21.0. The minimum atomic E-state index is -0.188. The summed E-state index contributed by atoms with van der Waals surface area (Å²) < 4.78 is 24.2. The van der Waals surface area contributed by atoms with E-state index in [-0.39, 0.29) is 29.8 Å². The van der Waals surface area contributed by atoms with E-state index in [1.807, 2.05) is 12.1 Å². The van der Waals surface area contributed by atoms with Gasteiger partial charge in [-0.3, -0.25) is 9.89 Å². The van der Waals surface area contributed by atoms with Crippen LogP contribution in [0, 0.1) is 11.7 Å². The average Bonchev–Trinajstić information content (AvgIpc) is 3.30. The van der Waals surface area contributed by atoms with E-state index in [1.165, 1.54) is 12.1 Å². The van der Waals surface area contributed by atoms with Crippen LogP contribution >= 0.6 is 35.7 Å². The number of thioether (sulfide) groups is 1. The molecule has 3 rings (SSSR count). The van der Waals surface area contributed by atoms with Gasteiger partial charge in [0.05, 0.1) is 26.4 Å². The van der Waals surface area contributed by atoms with Crippen molar-refractivity contribution in [1.29, 1.82) is 0 Å². The van der Waals surface area contributed by atoms with Crippen LogP contribution in [0.1, 0.15) is 19.8 Å². The number of ether oxygens (including phenoxy) is 2. The first-order valence-electron chi connectivity index (χ1n) is 11.1. The van der Waals surface area contributed by atoms with Crippen LogP contribution in [0.4, 0.5) is 4.39 Å². The van der Waals surface area contributed by atoms with Crippen LogP contribution in [0.3, 0.4) is 0 Å². The highest BCUT2D eigenvalue weighted by Crippen LogP contribution is 2.22. The Bertz CT molecular complexity index is 641. The lowest BCUT2D eigenvalue weighted by Gasteiger charge is -2.36. The number of aliphatic imine (C=N–C) groups is 1. The first kappa shape index (κ1) is 26.6. The molecule has 2 N–H and O–H groups in total. The summed E-state index contributed by atoms with van der Waals surface area (Å²) in [6, 6.07) is 7.09. The number of rotatable bonds is 10. The van der Waals surface area contributed by atoms with Crippen molar-refractivity contribution in [2.75, 3.05) is 64.9 Å². The number of benzene rings is 1. The maximum atomic E-state index is 13.0. The lowest BCUT2D eigenvalue weighted by molar-refractivity contribution is 0.00368. The summed E-state index contributed by atoms with van der Waals surface area (Å²) in [6.07, 6.45) is 2.12. The third kappa shape index (κ3) is 9.41. The normalized spacial score (nSPS) is 20.8. The number of hydrogen-bond acceptors (Lipinski definition) is 5. The Morgan fingerprint density at radius 3 is 2.65 bits per heavy atom. The van der Waals surface area contributed by atoms with Gasteiger partial charge in [-0.2, -0.15) is 0 Å². The monoisotopic (exact) mass is 566 g/mol. The molecule has 0 aliphatic carbocycles. The summed E-state index contributed by atoms with van der Waals surface area (Å²) >= 11 is 1.75. The number of hydrogen-bond donors (Lipinski definition) is 2. The molecule has 2 unspecified atom stereocenters. The fraction of sp³-hybridized carbons (Fsp3) is 0.682. The van der Waals surface area contributed by atoms with Crippen molar-refractivity contribution in [3.8, 4) is 0 Å². The molecule has 0 radical (unpaired) electrons. The number of halogens is 2. The average molecular weight is 567 g/mol. The van der Waals surface area contributed by atoms with Crippen molar-refractivity contribution >= 4 is 41.7 Å². The van der Waals surface area contributed by atoms with Crippen LogP contribution in [0.5, 0.6) is 0 Å². The highest BCUT2D eigenvalue weighted by molar-refractivity contribution is 14.0. The van der Waals surface area contributed by atoms with Gasteiger partial charge < -0.3 is 20.1 Å². The van der Waals surface area contributed by atoms with E-state index in [1.54, 1.807) is 11.8 Å². The Balaban J connectivity index is 0.00000341. The predicted molar refractivity (Wildman–Crippen MR) is 136 cm³/mol. The predicted octanol–water partition coefficient (Wildman–Crippen LogP) is 3.22. The van der Waals surface area contributed by atoms with Crippen LogP contribution in [0.2, 0.25) is 0 Å². The molecule has 1 aromatic rings. The molecule has 31 heavy (non-hydrogen) atoms. The number of morpholine rings is 1. The molecule has 0 bridgehead atoms. The second kappa shape index (κ2) is 15.3. The number of guanidine groups is 1. The maximum Gasteiger partial charge on any atom is 0.191 e. The van der Waals surface area contributed by atoms with Crippen molar-refractivity contribution in [1.82, 2.24) is 15.5 Å². The second-order valence-corrected chi connectivity index (χ2v) is 8.81.